The third-order valence-electron chi connectivity index (χ3n) is 3.58. The van der Waals surface area contributed by atoms with Crippen LogP contribution in [-0.4, -0.2) is 25.9 Å². The number of nitrogens with zero attached hydrogens (tertiary/aromatic N) is 2. The van der Waals surface area contributed by atoms with Gasteiger partial charge in [-0.15, -0.1) is 0 Å². The predicted molar refractivity (Wildman–Crippen MR) is 93.1 cm³/mol. The highest BCUT2D eigenvalue weighted by atomic mass is 35.5. The lowest BCUT2D eigenvalue weighted by Crippen LogP contribution is -2.24. The molecule has 3 rings (SSSR count). The molecule has 2 heterocycles. The lowest BCUT2D eigenvalue weighted by Gasteiger charge is -2.18. The topological polar surface area (TPSA) is 79.4 Å². The maximum Gasteiger partial charge on any atom is 0.264 e. The molecule has 0 spiro atoms. The Kier molecular flexibility index (Phi) is 4.67. The molecule has 24 heavy (non-hydrogen) atoms. The normalized spacial score (nSPS) is 14.9. The van der Waals surface area contributed by atoms with Gasteiger partial charge >= 0.3 is 0 Å². The van der Waals surface area contributed by atoms with Crippen LogP contribution < -0.4 is 9.62 Å². The summed E-state index contributed by atoms with van der Waals surface area (Å²) in [5, 5.41) is 0.179. The fourth-order valence-corrected chi connectivity index (χ4v) is 4.26. The zero-order valence-electron chi connectivity index (χ0n) is 12.4. The maximum atomic E-state index is 12.4. The molecule has 9 heteroatoms. The number of pyridine rings is 1. The second kappa shape index (κ2) is 6.58. The number of hydrogen-bond acceptors (Lipinski definition) is 4. The van der Waals surface area contributed by atoms with Crippen LogP contribution in [0.1, 0.15) is 12.8 Å². The lowest BCUT2D eigenvalue weighted by molar-refractivity contribution is -0.117. The van der Waals surface area contributed by atoms with Gasteiger partial charge in [-0.3, -0.25) is 9.52 Å². The molecule has 1 saturated heterocycles. The van der Waals surface area contributed by atoms with E-state index < -0.39 is 10.0 Å². The van der Waals surface area contributed by atoms with E-state index in [0.717, 1.165) is 6.42 Å². The van der Waals surface area contributed by atoms with Gasteiger partial charge in [0.05, 0.1) is 16.4 Å². The average molecular weight is 386 g/mol. The summed E-state index contributed by atoms with van der Waals surface area (Å²) >= 11 is 12.0. The van der Waals surface area contributed by atoms with Crippen LogP contribution in [0.3, 0.4) is 0 Å². The maximum absolute atomic E-state index is 12.4. The minimum Gasteiger partial charge on any atom is -0.311 e. The van der Waals surface area contributed by atoms with Gasteiger partial charge in [-0.1, -0.05) is 23.2 Å². The number of rotatable bonds is 4. The monoisotopic (exact) mass is 385 g/mol. The van der Waals surface area contributed by atoms with Gasteiger partial charge < -0.3 is 4.90 Å². The number of aromatic nitrogens is 1. The average Bonchev–Trinajstić information content (AvgIpc) is 2.93. The summed E-state index contributed by atoms with van der Waals surface area (Å²) in [5.74, 6) is 0.00683. The predicted octanol–water partition coefficient (Wildman–Crippen LogP) is 3.32. The van der Waals surface area contributed by atoms with E-state index in [9.17, 15) is 13.2 Å². The van der Waals surface area contributed by atoms with Crippen LogP contribution >= 0.6 is 23.2 Å². The number of sulfonamides is 1. The van der Waals surface area contributed by atoms with Crippen molar-refractivity contribution in [2.24, 2.45) is 0 Å². The molecule has 1 N–H and O–H groups in total. The first-order valence-corrected chi connectivity index (χ1v) is 9.35. The SMILES string of the molecule is O=C1CCCN1c1ccc(NS(=O)(=O)c2cccnc2Cl)cc1Cl. The summed E-state index contributed by atoms with van der Waals surface area (Å²) in [7, 11) is -3.89. The molecular formula is C15H13Cl2N3O3S. The molecule has 1 amide bonds. The molecule has 1 aliphatic rings. The summed E-state index contributed by atoms with van der Waals surface area (Å²) in [6.45, 7) is 0.606. The molecule has 1 aromatic carbocycles. The van der Waals surface area contributed by atoms with Gasteiger partial charge in [0.25, 0.3) is 10.0 Å². The molecule has 6 nitrogen and oxygen atoms in total. The Balaban J connectivity index is 1.87. The Labute approximate surface area is 149 Å². The number of carbonyl (C=O) groups excluding carboxylic acids is 1. The summed E-state index contributed by atoms with van der Waals surface area (Å²) in [6, 6.07) is 7.47. The number of amides is 1. The molecular weight excluding hydrogens is 373 g/mol. The lowest BCUT2D eigenvalue weighted by atomic mass is 10.2. The molecule has 1 aromatic heterocycles. The molecule has 2 aromatic rings. The highest BCUT2D eigenvalue weighted by Gasteiger charge is 2.24. The number of halogens is 2. The number of nitrogens with one attached hydrogen (secondary N) is 1. The molecule has 0 atom stereocenters. The standard InChI is InChI=1S/C15H13Cl2N3O3S/c16-11-9-10(5-6-12(11)20-8-2-4-14(20)21)19-24(22,23)13-3-1-7-18-15(13)17/h1,3,5-7,9,19H,2,4,8H2. The van der Waals surface area contributed by atoms with Crippen LogP contribution in [0.5, 0.6) is 0 Å². The van der Waals surface area contributed by atoms with E-state index in [1.54, 1.807) is 17.0 Å². The van der Waals surface area contributed by atoms with Gasteiger partial charge in [-0.25, -0.2) is 13.4 Å². The molecule has 1 fully saturated rings. The minimum atomic E-state index is -3.89. The summed E-state index contributed by atoms with van der Waals surface area (Å²) < 4.78 is 27.2. The van der Waals surface area contributed by atoms with Crippen molar-refractivity contribution in [2.45, 2.75) is 17.7 Å². The Morgan fingerprint density at radius 1 is 1.21 bits per heavy atom. The third-order valence-corrected chi connectivity index (χ3v) is 5.71. The zero-order chi connectivity index (χ0) is 17.3. The van der Waals surface area contributed by atoms with Crippen molar-refractivity contribution >= 4 is 50.5 Å². The van der Waals surface area contributed by atoms with Gasteiger partial charge in [0.1, 0.15) is 10.0 Å². The summed E-state index contributed by atoms with van der Waals surface area (Å²) in [5.41, 5.74) is 0.844. The van der Waals surface area contributed by atoms with Crippen molar-refractivity contribution in [1.29, 1.82) is 0 Å². The van der Waals surface area contributed by atoms with E-state index >= 15 is 0 Å². The highest BCUT2D eigenvalue weighted by molar-refractivity contribution is 7.92. The first-order chi connectivity index (χ1) is 11.4. The largest absolute Gasteiger partial charge is 0.311 e. The van der Waals surface area contributed by atoms with Gasteiger partial charge in [0.2, 0.25) is 5.91 Å². The Morgan fingerprint density at radius 3 is 2.62 bits per heavy atom. The van der Waals surface area contributed by atoms with Crippen molar-refractivity contribution in [3.63, 3.8) is 0 Å². The number of hydrogen-bond donors (Lipinski definition) is 1. The van der Waals surface area contributed by atoms with Gasteiger partial charge in [0, 0.05) is 19.2 Å². The highest BCUT2D eigenvalue weighted by Crippen LogP contribution is 2.32. The van der Waals surface area contributed by atoms with Gasteiger partial charge in [-0.05, 0) is 36.8 Å². The van der Waals surface area contributed by atoms with E-state index in [4.69, 9.17) is 23.2 Å². The van der Waals surface area contributed by atoms with Gasteiger partial charge in [0.15, 0.2) is 0 Å². The van der Waals surface area contributed by atoms with E-state index in [-0.39, 0.29) is 21.6 Å². The quantitative estimate of drug-likeness (QED) is 0.818. The summed E-state index contributed by atoms with van der Waals surface area (Å²) in [6.07, 6.45) is 2.67. The fourth-order valence-electron chi connectivity index (χ4n) is 2.47. The first kappa shape index (κ1) is 17.0. The Bertz CT molecular complexity index is 903. The van der Waals surface area contributed by atoms with E-state index in [1.165, 1.54) is 24.4 Å². The molecule has 0 radical (unpaired) electrons. The Morgan fingerprint density at radius 2 is 2.00 bits per heavy atom. The number of anilines is 2. The molecule has 0 aliphatic carbocycles. The zero-order valence-corrected chi connectivity index (χ0v) is 14.7. The molecule has 0 saturated carbocycles. The van der Waals surface area contributed by atoms with Crippen molar-refractivity contribution in [2.75, 3.05) is 16.2 Å². The van der Waals surface area contributed by atoms with Crippen LogP contribution in [0, 0.1) is 0 Å². The number of benzene rings is 1. The Hall–Kier alpha value is -1.83. The van der Waals surface area contributed by atoms with Crippen LogP contribution in [0.25, 0.3) is 0 Å². The summed E-state index contributed by atoms with van der Waals surface area (Å²) in [4.78, 5) is 17.0. The van der Waals surface area contributed by atoms with Crippen LogP contribution in [0.4, 0.5) is 11.4 Å². The van der Waals surface area contributed by atoms with Crippen LogP contribution in [-0.2, 0) is 14.8 Å². The third kappa shape index (κ3) is 3.33. The second-order valence-electron chi connectivity index (χ2n) is 5.21. The molecule has 0 unspecified atom stereocenters. The van der Waals surface area contributed by atoms with Crippen molar-refractivity contribution in [1.82, 2.24) is 4.98 Å². The van der Waals surface area contributed by atoms with E-state index in [2.05, 4.69) is 9.71 Å². The van der Waals surface area contributed by atoms with E-state index in [0.29, 0.717) is 23.7 Å². The minimum absolute atomic E-state index is 0.00683. The van der Waals surface area contributed by atoms with E-state index in [1.807, 2.05) is 0 Å². The smallest absolute Gasteiger partial charge is 0.264 e. The van der Waals surface area contributed by atoms with Crippen molar-refractivity contribution in [3.8, 4) is 0 Å². The van der Waals surface area contributed by atoms with Crippen molar-refractivity contribution < 1.29 is 13.2 Å². The fraction of sp³-hybridized carbons (Fsp3) is 0.200. The molecule has 0 bridgehead atoms. The molecule has 1 aliphatic heterocycles. The first-order valence-electron chi connectivity index (χ1n) is 7.12. The number of carbonyl (C=O) groups is 1. The molecule has 126 valence electrons. The second-order valence-corrected chi connectivity index (χ2v) is 7.63. The van der Waals surface area contributed by atoms with Gasteiger partial charge in [-0.2, -0.15) is 0 Å². The van der Waals surface area contributed by atoms with Crippen LogP contribution in [0.15, 0.2) is 41.4 Å². The van der Waals surface area contributed by atoms with Crippen molar-refractivity contribution in [3.05, 3.63) is 46.7 Å². The van der Waals surface area contributed by atoms with Crippen LogP contribution in [0.2, 0.25) is 10.2 Å².